The van der Waals surface area contributed by atoms with E-state index in [9.17, 15) is 15.0 Å². The summed E-state index contributed by atoms with van der Waals surface area (Å²) < 4.78 is 0.779. The highest BCUT2D eigenvalue weighted by Crippen LogP contribution is 2.47. The second kappa shape index (κ2) is 6.07. The van der Waals surface area contributed by atoms with Gasteiger partial charge in [0.2, 0.25) is 0 Å². The van der Waals surface area contributed by atoms with E-state index in [1.165, 1.54) is 11.3 Å². The van der Waals surface area contributed by atoms with Gasteiger partial charge >= 0.3 is 5.97 Å². The molecule has 4 rings (SSSR count). The Morgan fingerprint density at radius 3 is 1.92 bits per heavy atom. The molecule has 0 atom stereocenters. The van der Waals surface area contributed by atoms with Crippen LogP contribution in [0.15, 0.2) is 72.1 Å². The number of rotatable bonds is 3. The molecule has 2 N–H and O–H groups in total. The van der Waals surface area contributed by atoms with Crippen molar-refractivity contribution < 1.29 is 15.0 Å². The van der Waals surface area contributed by atoms with Crippen LogP contribution in [0.3, 0.4) is 0 Å². The zero-order valence-corrected chi connectivity index (χ0v) is 14.0. The Morgan fingerprint density at radius 2 is 1.36 bits per heavy atom. The Bertz CT molecular complexity index is 1070. The molecule has 122 valence electrons. The van der Waals surface area contributed by atoms with E-state index in [-0.39, 0.29) is 11.3 Å². The van der Waals surface area contributed by atoms with Gasteiger partial charge in [-0.05, 0) is 22.6 Å². The fourth-order valence-corrected chi connectivity index (χ4v) is 4.13. The highest BCUT2D eigenvalue weighted by molar-refractivity contribution is 7.18. The molecule has 0 saturated heterocycles. The second-order valence-electron chi connectivity index (χ2n) is 5.67. The van der Waals surface area contributed by atoms with Crippen LogP contribution in [0.25, 0.3) is 32.3 Å². The van der Waals surface area contributed by atoms with Crippen LogP contribution in [0, 0.1) is 0 Å². The van der Waals surface area contributed by atoms with Crippen LogP contribution in [0.4, 0.5) is 0 Å². The van der Waals surface area contributed by atoms with Gasteiger partial charge in [0.15, 0.2) is 0 Å². The first-order valence-electron chi connectivity index (χ1n) is 7.78. The molecule has 0 bridgehead atoms. The predicted molar refractivity (Wildman–Crippen MR) is 101 cm³/mol. The van der Waals surface area contributed by atoms with E-state index in [4.69, 9.17) is 0 Å². The maximum absolute atomic E-state index is 12.2. The van der Waals surface area contributed by atoms with Crippen molar-refractivity contribution in [1.29, 1.82) is 0 Å². The van der Waals surface area contributed by atoms with Gasteiger partial charge in [0.1, 0.15) is 5.75 Å². The number of carboxylic acid groups (broad SMARTS) is 1. The lowest BCUT2D eigenvalue weighted by Crippen LogP contribution is -2.04. The number of aromatic hydroxyl groups is 1. The number of carbonyl (C=O) groups is 1. The molecule has 0 aliphatic heterocycles. The topological polar surface area (TPSA) is 57.5 Å². The summed E-state index contributed by atoms with van der Waals surface area (Å²) in [7, 11) is 0. The summed E-state index contributed by atoms with van der Waals surface area (Å²) in [5.41, 5.74) is 2.64. The van der Waals surface area contributed by atoms with Gasteiger partial charge in [-0.15, -0.1) is 11.3 Å². The third-order valence-corrected chi connectivity index (χ3v) is 5.15. The lowest BCUT2D eigenvalue weighted by Gasteiger charge is -2.16. The van der Waals surface area contributed by atoms with Crippen LogP contribution in [-0.4, -0.2) is 16.2 Å². The summed E-state index contributed by atoms with van der Waals surface area (Å²) >= 11 is 1.44. The van der Waals surface area contributed by atoms with E-state index in [0.717, 1.165) is 10.3 Å². The average Bonchev–Trinajstić information content (AvgIpc) is 3.13. The fourth-order valence-electron chi connectivity index (χ4n) is 3.16. The molecule has 4 aromatic rings. The molecule has 0 aliphatic rings. The van der Waals surface area contributed by atoms with Gasteiger partial charge in [-0.3, -0.25) is 0 Å². The Morgan fingerprint density at radius 1 is 0.800 bits per heavy atom. The Balaban J connectivity index is 2.21. The van der Waals surface area contributed by atoms with Crippen LogP contribution < -0.4 is 0 Å². The summed E-state index contributed by atoms with van der Waals surface area (Å²) in [5.74, 6) is -1.04. The molecule has 0 spiro atoms. The first-order chi connectivity index (χ1) is 12.2. The summed E-state index contributed by atoms with van der Waals surface area (Å²) in [6.45, 7) is 0. The molecule has 4 heteroatoms. The molecule has 0 aliphatic carbocycles. The molecule has 0 unspecified atom stereocenters. The SMILES string of the molecule is O=C(O)c1c(-c2ccccc2)c(O)c2ccsc2c1-c1ccccc1. The number of phenols is 1. The zero-order valence-electron chi connectivity index (χ0n) is 13.1. The molecule has 25 heavy (non-hydrogen) atoms. The first kappa shape index (κ1) is 15.4. The number of benzene rings is 3. The molecular weight excluding hydrogens is 332 g/mol. The Kier molecular flexibility index (Phi) is 3.75. The number of aromatic carboxylic acids is 1. The van der Waals surface area contributed by atoms with Crippen LogP contribution in [-0.2, 0) is 0 Å². The molecule has 0 fully saturated rings. The van der Waals surface area contributed by atoms with Crippen molar-refractivity contribution in [2.75, 3.05) is 0 Å². The number of thiophene rings is 1. The molecule has 0 radical (unpaired) electrons. The summed E-state index contributed by atoms with van der Waals surface area (Å²) in [6, 6.07) is 20.4. The summed E-state index contributed by atoms with van der Waals surface area (Å²) in [4.78, 5) is 12.2. The Hall–Kier alpha value is -3.11. The van der Waals surface area contributed by atoms with E-state index in [1.807, 2.05) is 72.1 Å². The van der Waals surface area contributed by atoms with Gasteiger partial charge < -0.3 is 10.2 Å². The van der Waals surface area contributed by atoms with Crippen molar-refractivity contribution in [3.63, 3.8) is 0 Å². The van der Waals surface area contributed by atoms with Gasteiger partial charge in [-0.1, -0.05) is 60.7 Å². The number of fused-ring (bicyclic) bond motifs is 1. The summed E-state index contributed by atoms with van der Waals surface area (Å²) in [6.07, 6.45) is 0. The highest BCUT2D eigenvalue weighted by Gasteiger charge is 2.26. The van der Waals surface area contributed by atoms with Crippen molar-refractivity contribution >= 4 is 27.4 Å². The number of hydrogen-bond acceptors (Lipinski definition) is 3. The van der Waals surface area contributed by atoms with Gasteiger partial charge in [0.25, 0.3) is 0 Å². The van der Waals surface area contributed by atoms with Gasteiger partial charge in [0.05, 0.1) is 5.56 Å². The molecule has 0 amide bonds. The van der Waals surface area contributed by atoms with Crippen molar-refractivity contribution in [2.45, 2.75) is 0 Å². The van der Waals surface area contributed by atoms with Gasteiger partial charge in [-0.25, -0.2) is 4.79 Å². The minimum absolute atomic E-state index is 0.0135. The Labute approximate surface area is 148 Å². The molecule has 3 nitrogen and oxygen atoms in total. The molecule has 1 heterocycles. The minimum Gasteiger partial charge on any atom is -0.507 e. The van der Waals surface area contributed by atoms with E-state index < -0.39 is 5.97 Å². The van der Waals surface area contributed by atoms with E-state index >= 15 is 0 Å². The van der Waals surface area contributed by atoms with Crippen molar-refractivity contribution in [1.82, 2.24) is 0 Å². The number of hydrogen-bond donors (Lipinski definition) is 2. The van der Waals surface area contributed by atoms with Crippen molar-refractivity contribution in [3.05, 3.63) is 77.7 Å². The first-order valence-corrected chi connectivity index (χ1v) is 8.66. The van der Waals surface area contributed by atoms with E-state index in [0.29, 0.717) is 22.1 Å². The average molecular weight is 346 g/mol. The van der Waals surface area contributed by atoms with E-state index in [2.05, 4.69) is 0 Å². The normalized spacial score (nSPS) is 10.9. The highest BCUT2D eigenvalue weighted by atomic mass is 32.1. The zero-order chi connectivity index (χ0) is 17.4. The standard InChI is InChI=1S/C21H14O3S/c22-19-15-11-12-25-20(15)17(14-9-5-2-6-10-14)18(21(23)24)16(19)13-7-3-1-4-8-13/h1-12,22H,(H,23,24). The quantitative estimate of drug-likeness (QED) is 0.505. The molecule has 3 aromatic carbocycles. The van der Waals surface area contributed by atoms with Gasteiger partial charge in [-0.2, -0.15) is 0 Å². The third kappa shape index (κ3) is 2.47. The lowest BCUT2D eigenvalue weighted by molar-refractivity contribution is 0.0698. The van der Waals surface area contributed by atoms with Crippen molar-refractivity contribution in [2.24, 2.45) is 0 Å². The van der Waals surface area contributed by atoms with Crippen LogP contribution in [0.1, 0.15) is 10.4 Å². The number of phenolic OH excluding ortho intramolecular Hbond substituents is 1. The molecular formula is C21H14O3S. The van der Waals surface area contributed by atoms with Crippen LogP contribution in [0.5, 0.6) is 5.75 Å². The second-order valence-corrected chi connectivity index (χ2v) is 6.59. The minimum atomic E-state index is -1.05. The number of carboxylic acids is 1. The van der Waals surface area contributed by atoms with Gasteiger partial charge in [0, 0.05) is 21.2 Å². The van der Waals surface area contributed by atoms with Crippen molar-refractivity contribution in [3.8, 4) is 28.0 Å². The molecule has 1 aromatic heterocycles. The van der Waals surface area contributed by atoms with Crippen LogP contribution >= 0.6 is 11.3 Å². The third-order valence-electron chi connectivity index (χ3n) is 4.22. The van der Waals surface area contributed by atoms with E-state index in [1.54, 1.807) is 0 Å². The largest absolute Gasteiger partial charge is 0.507 e. The predicted octanol–water partition coefficient (Wildman–Crippen LogP) is 5.64. The molecule has 0 saturated carbocycles. The maximum Gasteiger partial charge on any atom is 0.337 e. The fraction of sp³-hybridized carbons (Fsp3) is 0. The summed E-state index contributed by atoms with van der Waals surface area (Å²) in [5, 5.41) is 23.4. The monoisotopic (exact) mass is 346 g/mol. The van der Waals surface area contributed by atoms with Crippen LogP contribution in [0.2, 0.25) is 0 Å². The smallest absolute Gasteiger partial charge is 0.337 e. The maximum atomic E-state index is 12.2. The lowest BCUT2D eigenvalue weighted by atomic mass is 9.89.